The number of H-pyrrole nitrogens is 2. The monoisotopic (exact) mass is 483 g/mol. The minimum Gasteiger partial charge on any atom is -0.361 e. The van der Waals surface area contributed by atoms with Crippen molar-refractivity contribution in [3.8, 4) is 0 Å². The Morgan fingerprint density at radius 2 is 1.24 bits per heavy atom. The highest BCUT2D eigenvalue weighted by molar-refractivity contribution is 5.92. The van der Waals surface area contributed by atoms with Crippen molar-refractivity contribution in [3.05, 3.63) is 138 Å². The molecule has 4 nitrogen and oxygen atoms in total. The molecule has 0 aliphatic carbocycles. The maximum Gasteiger partial charge on any atom is 0.224 e. The van der Waals surface area contributed by atoms with Crippen LogP contribution in [0.1, 0.15) is 34.6 Å². The second-order valence-electron chi connectivity index (χ2n) is 9.53. The molecule has 0 spiro atoms. The van der Waals surface area contributed by atoms with E-state index in [-0.39, 0.29) is 11.8 Å². The van der Waals surface area contributed by atoms with E-state index in [1.54, 1.807) is 0 Å². The SMILES string of the molecule is O=C(CCc1ccccc1)Nc1ccccc1CC(c1c[nH]c2ccccc12)c1c[nH]c2ccccc12. The number of carbonyl (C=O) groups excluding carboxylic acids is 1. The molecule has 0 aliphatic rings. The molecule has 0 atom stereocenters. The molecule has 182 valence electrons. The van der Waals surface area contributed by atoms with Crippen LogP contribution in [0.3, 0.4) is 0 Å². The Labute approximate surface area is 216 Å². The van der Waals surface area contributed by atoms with Crippen LogP contribution in [0, 0.1) is 0 Å². The molecule has 3 N–H and O–H groups in total. The minimum atomic E-state index is 0.0343. The van der Waals surface area contributed by atoms with E-state index in [4.69, 9.17) is 0 Å². The molecule has 0 radical (unpaired) electrons. The first-order valence-electron chi connectivity index (χ1n) is 12.8. The predicted octanol–water partition coefficient (Wildman–Crippen LogP) is 7.60. The van der Waals surface area contributed by atoms with E-state index >= 15 is 0 Å². The van der Waals surface area contributed by atoms with E-state index in [0.717, 1.165) is 35.1 Å². The summed E-state index contributed by atoms with van der Waals surface area (Å²) in [7, 11) is 0. The lowest BCUT2D eigenvalue weighted by atomic mass is 9.85. The van der Waals surface area contributed by atoms with Gasteiger partial charge in [0.15, 0.2) is 0 Å². The van der Waals surface area contributed by atoms with Crippen LogP contribution in [0.4, 0.5) is 5.69 Å². The summed E-state index contributed by atoms with van der Waals surface area (Å²) in [6.45, 7) is 0. The summed E-state index contributed by atoms with van der Waals surface area (Å²) in [5.41, 5.74) is 7.94. The third kappa shape index (κ3) is 4.78. The summed E-state index contributed by atoms with van der Waals surface area (Å²) in [6, 6.07) is 35.2. The highest BCUT2D eigenvalue weighted by Gasteiger charge is 2.23. The zero-order chi connectivity index (χ0) is 25.0. The first kappa shape index (κ1) is 22.9. The van der Waals surface area contributed by atoms with Crippen molar-refractivity contribution < 1.29 is 4.79 Å². The highest BCUT2D eigenvalue weighted by atomic mass is 16.1. The molecule has 0 aliphatic heterocycles. The van der Waals surface area contributed by atoms with Crippen LogP contribution in [-0.2, 0) is 17.6 Å². The average Bonchev–Trinajstić information content (AvgIpc) is 3.57. The van der Waals surface area contributed by atoms with Crippen molar-refractivity contribution in [2.75, 3.05) is 5.32 Å². The molecule has 4 aromatic carbocycles. The number of anilines is 1. The van der Waals surface area contributed by atoms with Crippen molar-refractivity contribution in [1.29, 1.82) is 0 Å². The Balaban J connectivity index is 1.33. The van der Waals surface area contributed by atoms with Crippen LogP contribution in [0.25, 0.3) is 21.8 Å². The quantitative estimate of drug-likeness (QED) is 0.205. The van der Waals surface area contributed by atoms with Crippen LogP contribution >= 0.6 is 0 Å². The average molecular weight is 484 g/mol. The zero-order valence-corrected chi connectivity index (χ0v) is 20.6. The summed E-state index contributed by atoms with van der Waals surface area (Å²) < 4.78 is 0. The highest BCUT2D eigenvalue weighted by Crippen LogP contribution is 2.38. The van der Waals surface area contributed by atoms with Crippen LogP contribution in [-0.4, -0.2) is 15.9 Å². The van der Waals surface area contributed by atoms with Crippen LogP contribution in [0.15, 0.2) is 116 Å². The smallest absolute Gasteiger partial charge is 0.224 e. The minimum absolute atomic E-state index is 0.0343. The van der Waals surface area contributed by atoms with E-state index in [2.05, 4.69) is 100 Å². The van der Waals surface area contributed by atoms with Gasteiger partial charge >= 0.3 is 0 Å². The number of aromatic amines is 2. The molecule has 6 rings (SSSR count). The Kier molecular flexibility index (Phi) is 6.30. The number of carbonyl (C=O) groups is 1. The Bertz CT molecular complexity index is 1590. The molecule has 1 amide bonds. The number of aryl methyl sites for hydroxylation is 1. The molecule has 0 saturated carbocycles. The van der Waals surface area contributed by atoms with Gasteiger partial charge in [-0.3, -0.25) is 4.79 Å². The molecule has 2 aromatic heterocycles. The number of hydrogen-bond acceptors (Lipinski definition) is 1. The van der Waals surface area contributed by atoms with Gasteiger partial charge in [0.2, 0.25) is 5.91 Å². The van der Waals surface area contributed by atoms with Crippen LogP contribution in [0.2, 0.25) is 0 Å². The molecule has 0 unspecified atom stereocenters. The standard InChI is InChI=1S/C33H29N3O/c37-33(19-18-23-10-2-1-3-11-23)36-30-15-7-4-12-24(30)20-27(28-21-34-31-16-8-5-13-25(28)31)29-22-35-32-17-9-6-14-26(29)32/h1-17,21-22,27,34-35H,18-20H2,(H,36,37). The van der Waals surface area contributed by atoms with Gasteiger partial charge in [0.1, 0.15) is 0 Å². The van der Waals surface area contributed by atoms with Crippen molar-refractivity contribution in [2.45, 2.75) is 25.2 Å². The molecule has 37 heavy (non-hydrogen) atoms. The largest absolute Gasteiger partial charge is 0.361 e. The van der Waals surface area contributed by atoms with Gasteiger partial charge in [-0.2, -0.15) is 0 Å². The molecule has 2 heterocycles. The van der Waals surface area contributed by atoms with Crippen molar-refractivity contribution in [1.82, 2.24) is 9.97 Å². The number of aromatic nitrogens is 2. The fourth-order valence-corrected chi connectivity index (χ4v) is 5.31. The molecule has 0 bridgehead atoms. The van der Waals surface area contributed by atoms with Gasteiger partial charge in [0.25, 0.3) is 0 Å². The van der Waals surface area contributed by atoms with Gasteiger partial charge < -0.3 is 15.3 Å². The third-order valence-electron chi connectivity index (χ3n) is 7.19. The van der Waals surface area contributed by atoms with Gasteiger partial charge in [-0.05, 0) is 53.3 Å². The van der Waals surface area contributed by atoms with E-state index in [1.165, 1.54) is 27.5 Å². The van der Waals surface area contributed by atoms with E-state index in [1.807, 2.05) is 30.3 Å². The Morgan fingerprint density at radius 1 is 0.676 bits per heavy atom. The number of hydrogen-bond donors (Lipinski definition) is 3. The molecule has 4 heteroatoms. The maximum atomic E-state index is 12.9. The summed E-state index contributed by atoms with van der Waals surface area (Å²) in [5, 5.41) is 5.64. The first-order valence-corrected chi connectivity index (χ1v) is 12.8. The number of fused-ring (bicyclic) bond motifs is 2. The van der Waals surface area contributed by atoms with E-state index < -0.39 is 0 Å². The summed E-state index contributed by atoms with van der Waals surface area (Å²) >= 11 is 0. The zero-order valence-electron chi connectivity index (χ0n) is 20.6. The number of amides is 1. The fourth-order valence-electron chi connectivity index (χ4n) is 5.31. The van der Waals surface area contributed by atoms with Crippen LogP contribution < -0.4 is 5.32 Å². The molecular weight excluding hydrogens is 454 g/mol. The second kappa shape index (κ2) is 10.2. The number of para-hydroxylation sites is 3. The van der Waals surface area contributed by atoms with Gasteiger partial charge in [0, 0.05) is 52.2 Å². The molecule has 6 aromatic rings. The summed E-state index contributed by atoms with van der Waals surface area (Å²) in [5.74, 6) is 0.140. The van der Waals surface area contributed by atoms with Crippen LogP contribution in [0.5, 0.6) is 0 Å². The topological polar surface area (TPSA) is 60.7 Å². The molecular formula is C33H29N3O. The lowest BCUT2D eigenvalue weighted by Gasteiger charge is -2.19. The number of rotatable bonds is 8. The second-order valence-corrected chi connectivity index (χ2v) is 9.53. The van der Waals surface area contributed by atoms with Gasteiger partial charge in [-0.25, -0.2) is 0 Å². The normalized spacial score (nSPS) is 11.4. The lowest BCUT2D eigenvalue weighted by Crippen LogP contribution is -2.15. The Hall–Kier alpha value is -4.57. The van der Waals surface area contributed by atoms with E-state index in [0.29, 0.717) is 6.42 Å². The predicted molar refractivity (Wildman–Crippen MR) is 152 cm³/mol. The fraction of sp³-hybridized carbons (Fsp3) is 0.121. The first-order chi connectivity index (χ1) is 18.3. The number of nitrogens with one attached hydrogen (secondary N) is 3. The number of benzene rings is 4. The maximum absolute atomic E-state index is 12.9. The van der Waals surface area contributed by atoms with Crippen molar-refractivity contribution >= 4 is 33.4 Å². The summed E-state index contributed by atoms with van der Waals surface area (Å²) in [4.78, 5) is 19.8. The van der Waals surface area contributed by atoms with Crippen molar-refractivity contribution in [3.63, 3.8) is 0 Å². The summed E-state index contributed by atoms with van der Waals surface area (Å²) in [6.07, 6.45) is 6.21. The third-order valence-corrected chi connectivity index (χ3v) is 7.19. The van der Waals surface area contributed by atoms with Crippen molar-refractivity contribution in [2.24, 2.45) is 0 Å². The Morgan fingerprint density at radius 3 is 1.92 bits per heavy atom. The van der Waals surface area contributed by atoms with Gasteiger partial charge in [-0.15, -0.1) is 0 Å². The van der Waals surface area contributed by atoms with Gasteiger partial charge in [-0.1, -0.05) is 84.9 Å². The van der Waals surface area contributed by atoms with Gasteiger partial charge in [0.05, 0.1) is 0 Å². The van der Waals surface area contributed by atoms with E-state index in [9.17, 15) is 4.79 Å². The lowest BCUT2D eigenvalue weighted by molar-refractivity contribution is -0.116. The molecule has 0 saturated heterocycles. The molecule has 0 fully saturated rings.